The molecule has 0 aromatic carbocycles. The average molecular weight is 566 g/mol. The maximum absolute atomic E-state index is 16.1. The summed E-state index contributed by atoms with van der Waals surface area (Å²) >= 11 is 0. The molecule has 0 spiro atoms. The van der Waals surface area contributed by atoms with Crippen molar-refractivity contribution in [1.29, 1.82) is 0 Å². The molecular weight excluding hydrogens is 525 g/mol. The highest BCUT2D eigenvalue weighted by molar-refractivity contribution is 6.05. The fraction of sp³-hybridized carbons (Fsp3) is 0.351. The lowest BCUT2D eigenvalue weighted by atomic mass is 9.75. The van der Waals surface area contributed by atoms with Crippen LogP contribution in [-0.2, 0) is 9.59 Å². The largest absolute Gasteiger partial charge is 0.472 e. The van der Waals surface area contributed by atoms with Crippen LogP contribution < -0.4 is 0 Å². The van der Waals surface area contributed by atoms with Gasteiger partial charge in [0.05, 0.1) is 18.2 Å². The summed E-state index contributed by atoms with van der Waals surface area (Å²) in [4.78, 5) is 29.7. The lowest BCUT2D eigenvalue weighted by molar-refractivity contribution is -0.142. The summed E-state index contributed by atoms with van der Waals surface area (Å²) in [6.45, 7) is 13.5. The highest BCUT2D eigenvalue weighted by Crippen LogP contribution is 2.44. The van der Waals surface area contributed by atoms with Crippen LogP contribution in [0.3, 0.4) is 0 Å². The van der Waals surface area contributed by atoms with E-state index in [1.807, 2.05) is 19.1 Å². The number of rotatable bonds is 8. The minimum absolute atomic E-state index is 0.0346. The molecule has 0 N–H and O–H groups in total. The van der Waals surface area contributed by atoms with E-state index < -0.39 is 11.6 Å². The van der Waals surface area contributed by atoms with E-state index in [1.165, 1.54) is 22.1 Å². The third-order valence-electron chi connectivity index (χ3n) is 9.01. The van der Waals surface area contributed by atoms with Crippen molar-refractivity contribution in [3.05, 3.63) is 126 Å². The van der Waals surface area contributed by atoms with Crippen LogP contribution >= 0.6 is 0 Å². The molecule has 5 unspecified atom stereocenters. The summed E-state index contributed by atoms with van der Waals surface area (Å²) in [7, 11) is 0. The van der Waals surface area contributed by atoms with Gasteiger partial charge in [0.1, 0.15) is 11.7 Å². The van der Waals surface area contributed by atoms with Crippen LogP contribution in [0.2, 0.25) is 0 Å². The number of carbonyl (C=O) groups is 2. The third kappa shape index (κ3) is 5.57. The van der Waals surface area contributed by atoms with Gasteiger partial charge < -0.3 is 4.42 Å². The Bertz CT molecular complexity index is 1490. The Morgan fingerprint density at radius 3 is 2.71 bits per heavy atom. The Balaban J connectivity index is 1.45. The quantitative estimate of drug-likeness (QED) is 0.234. The van der Waals surface area contributed by atoms with Crippen molar-refractivity contribution in [2.75, 3.05) is 0 Å². The van der Waals surface area contributed by atoms with E-state index in [9.17, 15) is 9.59 Å². The first-order chi connectivity index (χ1) is 20.2. The maximum Gasteiger partial charge on any atom is 0.242 e. The number of ketones is 1. The smallest absolute Gasteiger partial charge is 0.242 e. The second-order valence-corrected chi connectivity index (χ2v) is 11.8. The van der Waals surface area contributed by atoms with Crippen molar-refractivity contribution in [3.63, 3.8) is 0 Å². The van der Waals surface area contributed by atoms with Crippen LogP contribution in [0.25, 0.3) is 5.57 Å². The normalized spacial score (nSPS) is 27.5. The topological polar surface area (TPSA) is 50.5 Å². The molecule has 5 heteroatoms. The van der Waals surface area contributed by atoms with Gasteiger partial charge in [-0.25, -0.2) is 4.39 Å². The average Bonchev–Trinajstić information content (AvgIpc) is 3.32. The predicted octanol–water partition coefficient (Wildman–Crippen LogP) is 8.77. The third-order valence-corrected chi connectivity index (χ3v) is 9.01. The Morgan fingerprint density at radius 2 is 2.02 bits per heavy atom. The van der Waals surface area contributed by atoms with Crippen molar-refractivity contribution in [2.45, 2.75) is 58.5 Å². The molecule has 2 aliphatic heterocycles. The van der Waals surface area contributed by atoms with Gasteiger partial charge in [-0.1, -0.05) is 76.5 Å². The van der Waals surface area contributed by atoms with Crippen molar-refractivity contribution in [2.24, 2.45) is 23.7 Å². The molecule has 1 amide bonds. The van der Waals surface area contributed by atoms with E-state index in [4.69, 9.17) is 4.42 Å². The number of hydrogen-bond donors (Lipinski definition) is 0. The molecule has 0 bridgehead atoms. The van der Waals surface area contributed by atoms with E-state index in [2.05, 4.69) is 50.5 Å². The van der Waals surface area contributed by atoms with Crippen LogP contribution in [-0.4, -0.2) is 22.3 Å². The van der Waals surface area contributed by atoms with E-state index >= 15 is 4.39 Å². The molecule has 42 heavy (non-hydrogen) atoms. The molecule has 0 saturated heterocycles. The molecule has 5 rings (SSSR count). The number of nitrogens with zero attached hydrogens (tertiary/aromatic N) is 1. The van der Waals surface area contributed by atoms with Gasteiger partial charge in [0, 0.05) is 28.8 Å². The van der Waals surface area contributed by atoms with E-state index in [0.29, 0.717) is 29.2 Å². The number of allylic oxidation sites excluding steroid dienone is 14. The molecule has 4 nitrogen and oxygen atoms in total. The van der Waals surface area contributed by atoms with Gasteiger partial charge in [-0.05, 0) is 78.9 Å². The lowest BCUT2D eigenvalue weighted by Crippen LogP contribution is -2.47. The zero-order chi connectivity index (χ0) is 30.0. The van der Waals surface area contributed by atoms with Crippen LogP contribution in [0.4, 0.5) is 4.39 Å². The zero-order valence-corrected chi connectivity index (χ0v) is 24.8. The summed E-state index contributed by atoms with van der Waals surface area (Å²) in [6.07, 6.45) is 25.7. The summed E-state index contributed by atoms with van der Waals surface area (Å²) < 4.78 is 21.4. The van der Waals surface area contributed by atoms with Gasteiger partial charge in [-0.15, -0.1) is 0 Å². The van der Waals surface area contributed by atoms with Crippen molar-refractivity contribution in [1.82, 2.24) is 4.90 Å². The fourth-order valence-corrected chi connectivity index (χ4v) is 6.44. The Morgan fingerprint density at radius 1 is 1.21 bits per heavy atom. The number of hydrogen-bond acceptors (Lipinski definition) is 3. The van der Waals surface area contributed by atoms with E-state index in [1.54, 1.807) is 37.8 Å². The SMILES string of the molecule is C=CC1=CC(C2=CCC(C(=O)C3C(=O)N4C=C(c5ccoc5)C=C(C(F)(C=C)CC)C4=CC3C)CCC2)=CC(C)C=C1. The molecule has 5 atom stereocenters. The lowest BCUT2D eigenvalue weighted by Gasteiger charge is -2.40. The number of alkyl halides is 1. The van der Waals surface area contributed by atoms with Crippen molar-refractivity contribution < 1.29 is 18.4 Å². The number of furan rings is 1. The first-order valence-corrected chi connectivity index (χ1v) is 15.0. The number of halogens is 1. The van der Waals surface area contributed by atoms with Gasteiger partial charge in [-0.2, -0.15) is 0 Å². The Kier molecular flexibility index (Phi) is 8.49. The molecule has 0 radical (unpaired) electrons. The number of Topliss-reactive ketones (excluding diaryl/α,β-unsaturated/α-hetero) is 1. The monoisotopic (exact) mass is 565 g/mol. The number of amides is 1. The molecule has 1 aromatic rings. The van der Waals surface area contributed by atoms with E-state index in [0.717, 1.165) is 30.4 Å². The molecule has 2 aliphatic carbocycles. The summed E-state index contributed by atoms with van der Waals surface area (Å²) in [5.41, 5.74) is 3.92. The summed E-state index contributed by atoms with van der Waals surface area (Å²) in [5, 5.41) is 0. The first-order valence-electron chi connectivity index (χ1n) is 15.0. The van der Waals surface area contributed by atoms with Gasteiger partial charge in [0.15, 0.2) is 5.67 Å². The van der Waals surface area contributed by atoms with Crippen LogP contribution in [0.15, 0.2) is 125 Å². The minimum atomic E-state index is -1.83. The predicted molar refractivity (Wildman–Crippen MR) is 166 cm³/mol. The molecule has 1 aromatic heterocycles. The molecule has 0 saturated carbocycles. The summed E-state index contributed by atoms with van der Waals surface area (Å²) in [6, 6.07) is 1.78. The number of fused-ring (bicyclic) bond motifs is 1. The van der Waals surface area contributed by atoms with Crippen molar-refractivity contribution in [3.8, 4) is 0 Å². The molecule has 4 aliphatic rings. The standard InChI is InChI=1S/C37H40FNO3/c1-6-26-13-12-24(4)18-30(20-26)27-10-9-11-28(15-14-27)35(40)34-25(5)19-33-32(37(38,7-2)8-3)21-31(22-39(33)36(34)41)29-16-17-42-23-29/h6-7,12-14,16-25,28,34H,1-2,8-11,15H2,3-5H3. The van der Waals surface area contributed by atoms with Gasteiger partial charge in [0.2, 0.25) is 5.91 Å². The first kappa shape index (κ1) is 29.5. The number of carbonyl (C=O) groups excluding carboxylic acids is 2. The van der Waals surface area contributed by atoms with Gasteiger partial charge >= 0.3 is 0 Å². The molecular formula is C37H40FNO3. The van der Waals surface area contributed by atoms with E-state index in [-0.39, 0.29) is 29.9 Å². The molecule has 218 valence electrons. The highest BCUT2D eigenvalue weighted by Gasteiger charge is 2.46. The second kappa shape index (κ2) is 12.1. The fourth-order valence-electron chi connectivity index (χ4n) is 6.44. The maximum atomic E-state index is 16.1. The highest BCUT2D eigenvalue weighted by atomic mass is 19.1. The zero-order valence-electron chi connectivity index (χ0n) is 24.8. The minimum Gasteiger partial charge on any atom is -0.472 e. The van der Waals surface area contributed by atoms with Crippen LogP contribution in [0.5, 0.6) is 0 Å². The van der Waals surface area contributed by atoms with Crippen LogP contribution in [0, 0.1) is 23.7 Å². The molecule has 0 fully saturated rings. The van der Waals surface area contributed by atoms with Crippen LogP contribution in [0.1, 0.15) is 58.4 Å². The molecule has 3 heterocycles. The van der Waals surface area contributed by atoms with Crippen molar-refractivity contribution >= 4 is 17.3 Å². The summed E-state index contributed by atoms with van der Waals surface area (Å²) in [5.74, 6) is -1.49. The Hall–Kier alpha value is -3.99. The van der Waals surface area contributed by atoms with Gasteiger partial charge in [0.25, 0.3) is 0 Å². The second-order valence-electron chi connectivity index (χ2n) is 11.8. The Labute approximate surface area is 248 Å². The van der Waals surface area contributed by atoms with Gasteiger partial charge in [-0.3, -0.25) is 14.5 Å².